The molecule has 0 aliphatic rings. The summed E-state index contributed by atoms with van der Waals surface area (Å²) in [5.41, 5.74) is -0.127. The van der Waals surface area contributed by atoms with Crippen molar-refractivity contribution >= 4 is 39.9 Å². The number of nitrogens with one attached hydrogen (secondary N) is 1. The first-order valence-corrected chi connectivity index (χ1v) is 6.48. The number of amides is 1. The Morgan fingerprint density at radius 3 is 2.68 bits per heavy atom. The lowest BCUT2D eigenvalue weighted by atomic mass is 10.2. The number of nitro benzene ring substituents is 1. The van der Waals surface area contributed by atoms with Gasteiger partial charge in [-0.15, -0.1) is 0 Å². The highest BCUT2D eigenvalue weighted by Crippen LogP contribution is 2.28. The maximum atomic E-state index is 13.4. The molecule has 1 amide bonds. The van der Waals surface area contributed by atoms with Crippen LogP contribution in [0.25, 0.3) is 0 Å². The van der Waals surface area contributed by atoms with Gasteiger partial charge in [0.05, 0.1) is 8.49 Å². The van der Waals surface area contributed by atoms with Crippen LogP contribution in [0.2, 0.25) is 0 Å². The van der Waals surface area contributed by atoms with E-state index >= 15 is 0 Å². The van der Waals surface area contributed by atoms with E-state index in [0.717, 1.165) is 12.1 Å². The van der Waals surface area contributed by atoms with Gasteiger partial charge in [-0.2, -0.15) is 0 Å². The second kappa shape index (κ2) is 6.64. The Labute approximate surface area is 123 Å². The Kier molecular flexibility index (Phi) is 5.45. The number of benzene rings is 1. The van der Waals surface area contributed by atoms with Gasteiger partial charge in [-0.1, -0.05) is 0 Å². The molecule has 0 unspecified atom stereocenters. The molecule has 19 heavy (non-hydrogen) atoms. The number of carbonyl (C=O) groups excluding carboxylic acids is 1. The van der Waals surface area contributed by atoms with Gasteiger partial charge in [0.15, 0.2) is 0 Å². The number of hydrogen-bond acceptors (Lipinski definition) is 4. The molecule has 0 fully saturated rings. The molecule has 0 aliphatic heterocycles. The first-order valence-electron chi connectivity index (χ1n) is 5.40. The van der Waals surface area contributed by atoms with Gasteiger partial charge in [0, 0.05) is 39.2 Å². The minimum absolute atomic E-state index is 0.0782. The van der Waals surface area contributed by atoms with E-state index in [4.69, 9.17) is 0 Å². The van der Waals surface area contributed by atoms with Crippen LogP contribution in [0.5, 0.6) is 0 Å². The summed E-state index contributed by atoms with van der Waals surface area (Å²) >= 11 is 1.69. The van der Waals surface area contributed by atoms with Gasteiger partial charge in [-0.3, -0.25) is 14.9 Å². The van der Waals surface area contributed by atoms with Crippen LogP contribution in [-0.2, 0) is 4.79 Å². The number of hydrogen-bond donors (Lipinski definition) is 1. The summed E-state index contributed by atoms with van der Waals surface area (Å²) in [6.45, 7) is 0.206. The number of rotatable bonds is 5. The zero-order valence-corrected chi connectivity index (χ0v) is 12.6. The highest BCUT2D eigenvalue weighted by Gasteiger charge is 2.17. The zero-order valence-electron chi connectivity index (χ0n) is 10.4. The predicted octanol–water partition coefficient (Wildman–Crippen LogP) is 2.23. The molecular weight excluding hydrogens is 368 g/mol. The normalized spacial score (nSPS) is 10.1. The van der Waals surface area contributed by atoms with Crippen molar-refractivity contribution in [2.24, 2.45) is 0 Å². The molecule has 104 valence electrons. The fraction of sp³-hybridized carbons (Fsp3) is 0.364. The van der Waals surface area contributed by atoms with Crippen LogP contribution in [0, 0.1) is 19.5 Å². The quantitative estimate of drug-likeness (QED) is 0.482. The SMILES string of the molecule is CN(C)C(=O)CCNc1cc(F)c(I)cc1[N+](=O)[O-]. The summed E-state index contributed by atoms with van der Waals surface area (Å²) in [5, 5.41) is 13.6. The molecule has 0 radical (unpaired) electrons. The van der Waals surface area contributed by atoms with Crippen LogP contribution in [0.3, 0.4) is 0 Å². The van der Waals surface area contributed by atoms with Crippen LogP contribution in [-0.4, -0.2) is 36.4 Å². The van der Waals surface area contributed by atoms with Crippen molar-refractivity contribution in [3.8, 4) is 0 Å². The van der Waals surface area contributed by atoms with E-state index in [9.17, 15) is 19.3 Å². The lowest BCUT2D eigenvalue weighted by molar-refractivity contribution is -0.384. The van der Waals surface area contributed by atoms with E-state index in [0.29, 0.717) is 0 Å². The second-order valence-electron chi connectivity index (χ2n) is 4.01. The van der Waals surface area contributed by atoms with Crippen molar-refractivity contribution in [2.75, 3.05) is 26.0 Å². The number of anilines is 1. The van der Waals surface area contributed by atoms with Gasteiger partial charge < -0.3 is 10.2 Å². The van der Waals surface area contributed by atoms with E-state index < -0.39 is 10.7 Å². The minimum atomic E-state index is -0.586. The lowest BCUT2D eigenvalue weighted by Crippen LogP contribution is -2.24. The van der Waals surface area contributed by atoms with Crippen LogP contribution >= 0.6 is 22.6 Å². The maximum Gasteiger partial charge on any atom is 0.293 e. The molecule has 0 saturated carbocycles. The second-order valence-corrected chi connectivity index (χ2v) is 5.17. The number of nitro groups is 1. The molecule has 0 atom stereocenters. The van der Waals surface area contributed by atoms with E-state index in [1.54, 1.807) is 36.7 Å². The molecule has 0 heterocycles. The third-order valence-corrected chi connectivity index (χ3v) is 3.22. The molecule has 0 aromatic heterocycles. The van der Waals surface area contributed by atoms with Gasteiger partial charge in [0.2, 0.25) is 5.91 Å². The third kappa shape index (κ3) is 4.30. The summed E-state index contributed by atoms with van der Waals surface area (Å²) in [5.74, 6) is -0.645. The number of halogens is 2. The molecule has 6 nitrogen and oxygen atoms in total. The number of carbonyl (C=O) groups is 1. The molecular formula is C11H13FIN3O3. The largest absolute Gasteiger partial charge is 0.379 e. The van der Waals surface area contributed by atoms with Crippen LogP contribution in [0.15, 0.2) is 12.1 Å². The molecule has 0 aliphatic carbocycles. The van der Waals surface area contributed by atoms with Gasteiger partial charge in [-0.25, -0.2) is 4.39 Å². The molecule has 0 saturated heterocycles. The highest BCUT2D eigenvalue weighted by atomic mass is 127. The minimum Gasteiger partial charge on any atom is -0.379 e. The van der Waals surface area contributed by atoms with Crippen molar-refractivity contribution in [2.45, 2.75) is 6.42 Å². The molecule has 1 aromatic rings. The van der Waals surface area contributed by atoms with Gasteiger partial charge in [0.25, 0.3) is 5.69 Å². The first kappa shape index (κ1) is 15.6. The fourth-order valence-electron chi connectivity index (χ4n) is 1.36. The van der Waals surface area contributed by atoms with Crippen molar-refractivity contribution in [3.63, 3.8) is 0 Å². The van der Waals surface area contributed by atoms with Crippen molar-refractivity contribution < 1.29 is 14.1 Å². The molecule has 1 rings (SSSR count). The summed E-state index contributed by atoms with van der Waals surface area (Å²) in [7, 11) is 3.24. The average molecular weight is 381 g/mol. The van der Waals surface area contributed by atoms with E-state index in [2.05, 4.69) is 5.32 Å². The Bertz CT molecular complexity index is 508. The third-order valence-electron chi connectivity index (χ3n) is 2.39. The molecule has 1 N–H and O–H groups in total. The van der Waals surface area contributed by atoms with Gasteiger partial charge in [0.1, 0.15) is 11.5 Å². The summed E-state index contributed by atoms with van der Waals surface area (Å²) in [6, 6.07) is 2.23. The molecule has 1 aromatic carbocycles. The Balaban J connectivity index is 2.80. The zero-order chi connectivity index (χ0) is 14.6. The average Bonchev–Trinajstić information content (AvgIpc) is 2.32. The van der Waals surface area contributed by atoms with Crippen LogP contribution < -0.4 is 5.32 Å². The standard InChI is InChI=1S/C11H13FIN3O3/c1-15(2)11(17)3-4-14-9-5-7(12)8(13)6-10(9)16(18)19/h5-6,14H,3-4H2,1-2H3. The van der Waals surface area contributed by atoms with Gasteiger partial charge in [-0.05, 0) is 22.6 Å². The Hall–Kier alpha value is -1.45. The van der Waals surface area contributed by atoms with Crippen LogP contribution in [0.1, 0.15) is 6.42 Å². The Morgan fingerprint density at radius 1 is 1.53 bits per heavy atom. The lowest BCUT2D eigenvalue weighted by Gasteiger charge is -2.11. The van der Waals surface area contributed by atoms with Crippen molar-refractivity contribution in [1.82, 2.24) is 4.90 Å². The highest BCUT2D eigenvalue weighted by molar-refractivity contribution is 14.1. The molecule has 8 heteroatoms. The summed E-state index contributed by atoms with van der Waals surface area (Å²) in [6.07, 6.45) is 0.178. The summed E-state index contributed by atoms with van der Waals surface area (Å²) in [4.78, 5) is 23.0. The number of nitrogens with zero attached hydrogens (tertiary/aromatic N) is 2. The molecule has 0 spiro atoms. The van der Waals surface area contributed by atoms with Crippen molar-refractivity contribution in [1.29, 1.82) is 0 Å². The van der Waals surface area contributed by atoms with E-state index in [1.165, 1.54) is 4.90 Å². The van der Waals surface area contributed by atoms with Gasteiger partial charge >= 0.3 is 0 Å². The summed E-state index contributed by atoms with van der Waals surface area (Å²) < 4.78 is 13.6. The predicted molar refractivity (Wildman–Crippen MR) is 77.6 cm³/mol. The van der Waals surface area contributed by atoms with E-state index in [-0.39, 0.29) is 33.8 Å². The first-order chi connectivity index (χ1) is 8.82. The Morgan fingerprint density at radius 2 is 2.16 bits per heavy atom. The monoisotopic (exact) mass is 381 g/mol. The fourth-order valence-corrected chi connectivity index (χ4v) is 1.81. The van der Waals surface area contributed by atoms with E-state index in [1.807, 2.05) is 0 Å². The van der Waals surface area contributed by atoms with Crippen LogP contribution in [0.4, 0.5) is 15.8 Å². The molecule has 0 bridgehead atoms. The topological polar surface area (TPSA) is 75.5 Å². The maximum absolute atomic E-state index is 13.4. The van der Waals surface area contributed by atoms with Crippen molar-refractivity contribution in [3.05, 3.63) is 31.6 Å². The smallest absolute Gasteiger partial charge is 0.293 e.